The van der Waals surface area contributed by atoms with Gasteiger partial charge in [0.15, 0.2) is 5.96 Å². The summed E-state index contributed by atoms with van der Waals surface area (Å²) in [5.41, 5.74) is 1.28. The monoisotopic (exact) mass is 308 g/mol. The molecule has 2 rings (SSSR count). The molecule has 4 nitrogen and oxygen atoms in total. The van der Waals surface area contributed by atoms with Crippen LogP contribution in [0.2, 0.25) is 5.02 Å². The van der Waals surface area contributed by atoms with Crippen molar-refractivity contribution in [1.29, 1.82) is 0 Å². The van der Waals surface area contributed by atoms with Crippen LogP contribution in [0.15, 0.2) is 29.3 Å². The maximum Gasteiger partial charge on any atom is 0.190 e. The van der Waals surface area contributed by atoms with E-state index in [1.54, 1.807) is 0 Å². The van der Waals surface area contributed by atoms with E-state index in [2.05, 4.69) is 39.7 Å². The molecule has 0 aliphatic carbocycles. The molecule has 21 heavy (non-hydrogen) atoms. The Morgan fingerprint density at radius 2 is 2.10 bits per heavy atom. The van der Waals surface area contributed by atoms with Gasteiger partial charge in [0, 0.05) is 31.7 Å². The van der Waals surface area contributed by atoms with Crippen molar-refractivity contribution in [3.63, 3.8) is 0 Å². The minimum Gasteiger partial charge on any atom is -0.356 e. The minimum absolute atomic E-state index is 0.727. The van der Waals surface area contributed by atoms with E-state index in [0.29, 0.717) is 0 Å². The van der Waals surface area contributed by atoms with E-state index in [1.165, 1.54) is 25.1 Å². The molecule has 2 N–H and O–H groups in total. The second kappa shape index (κ2) is 8.25. The number of hydrogen-bond acceptors (Lipinski definition) is 2. The van der Waals surface area contributed by atoms with Crippen LogP contribution in [0.3, 0.4) is 0 Å². The van der Waals surface area contributed by atoms with Gasteiger partial charge in [-0.1, -0.05) is 23.7 Å². The Labute approximate surface area is 132 Å². The van der Waals surface area contributed by atoms with Crippen molar-refractivity contribution in [2.24, 2.45) is 10.9 Å². The zero-order valence-corrected chi connectivity index (χ0v) is 13.7. The average molecular weight is 309 g/mol. The Hall–Kier alpha value is -1.26. The van der Waals surface area contributed by atoms with Crippen LogP contribution in [0.5, 0.6) is 0 Å². The molecule has 0 aromatic heterocycles. The van der Waals surface area contributed by atoms with E-state index in [9.17, 15) is 0 Å². The summed E-state index contributed by atoms with van der Waals surface area (Å²) in [5.74, 6) is 1.61. The van der Waals surface area contributed by atoms with E-state index in [-0.39, 0.29) is 0 Å². The predicted molar refractivity (Wildman–Crippen MR) is 90.1 cm³/mol. The van der Waals surface area contributed by atoms with Gasteiger partial charge in [-0.25, -0.2) is 0 Å². The number of nitrogens with zero attached hydrogens (tertiary/aromatic N) is 2. The van der Waals surface area contributed by atoms with Crippen molar-refractivity contribution in [3.8, 4) is 0 Å². The van der Waals surface area contributed by atoms with Crippen molar-refractivity contribution < 1.29 is 0 Å². The third kappa shape index (κ3) is 5.56. The summed E-state index contributed by atoms with van der Waals surface area (Å²) in [6.45, 7) is 4.24. The number of aliphatic imine (C=N–C) groups is 1. The van der Waals surface area contributed by atoms with Crippen molar-refractivity contribution in [2.45, 2.75) is 12.8 Å². The van der Waals surface area contributed by atoms with Crippen LogP contribution in [-0.4, -0.2) is 51.1 Å². The van der Waals surface area contributed by atoms with Crippen molar-refractivity contribution in [3.05, 3.63) is 34.9 Å². The summed E-state index contributed by atoms with van der Waals surface area (Å²) < 4.78 is 0. The Morgan fingerprint density at radius 3 is 2.71 bits per heavy atom. The van der Waals surface area contributed by atoms with Gasteiger partial charge in [0.05, 0.1) is 0 Å². The third-order valence-corrected chi connectivity index (χ3v) is 4.14. The van der Waals surface area contributed by atoms with Crippen LogP contribution >= 0.6 is 11.6 Å². The average Bonchev–Trinajstić information content (AvgIpc) is 2.90. The molecule has 1 atom stereocenters. The summed E-state index contributed by atoms with van der Waals surface area (Å²) in [4.78, 5) is 6.65. The number of nitrogens with one attached hydrogen (secondary N) is 2. The quantitative estimate of drug-likeness (QED) is 0.645. The smallest absolute Gasteiger partial charge is 0.190 e. The fourth-order valence-electron chi connectivity index (χ4n) is 2.63. The molecule has 1 unspecified atom stereocenters. The molecule has 0 saturated carbocycles. The van der Waals surface area contributed by atoms with Gasteiger partial charge in [0.1, 0.15) is 0 Å². The van der Waals surface area contributed by atoms with Gasteiger partial charge in [-0.05, 0) is 50.0 Å². The van der Waals surface area contributed by atoms with Gasteiger partial charge in [-0.2, -0.15) is 0 Å². The molecule has 116 valence electrons. The number of benzene rings is 1. The summed E-state index contributed by atoms with van der Waals surface area (Å²) in [5, 5.41) is 7.56. The van der Waals surface area contributed by atoms with E-state index in [1.807, 2.05) is 19.2 Å². The highest BCUT2D eigenvalue weighted by Crippen LogP contribution is 2.12. The van der Waals surface area contributed by atoms with E-state index >= 15 is 0 Å². The second-order valence-corrected chi connectivity index (χ2v) is 6.11. The molecule has 1 saturated heterocycles. The number of likely N-dealkylation sites (tertiary alicyclic amines) is 1. The van der Waals surface area contributed by atoms with Crippen LogP contribution in [-0.2, 0) is 6.42 Å². The minimum atomic E-state index is 0.727. The Bertz CT molecular complexity index is 458. The summed E-state index contributed by atoms with van der Waals surface area (Å²) in [6.07, 6.45) is 2.23. The fourth-order valence-corrected chi connectivity index (χ4v) is 2.76. The lowest BCUT2D eigenvalue weighted by Gasteiger charge is -2.15. The standard InChI is InChI=1S/C16H25ClN4/c1-18-16(20-11-14-8-10-21(2)12-14)19-9-7-13-3-5-15(17)6-4-13/h3-6,14H,7-12H2,1-2H3,(H2,18,19,20). The molecule has 0 radical (unpaired) electrons. The van der Waals surface area contributed by atoms with Gasteiger partial charge < -0.3 is 15.5 Å². The van der Waals surface area contributed by atoms with Gasteiger partial charge in [0.2, 0.25) is 0 Å². The van der Waals surface area contributed by atoms with Crippen molar-refractivity contribution in [1.82, 2.24) is 15.5 Å². The van der Waals surface area contributed by atoms with Gasteiger partial charge in [-0.3, -0.25) is 4.99 Å². The molecule has 1 aromatic rings. The van der Waals surface area contributed by atoms with Crippen molar-refractivity contribution in [2.75, 3.05) is 40.3 Å². The highest BCUT2D eigenvalue weighted by atomic mass is 35.5. The topological polar surface area (TPSA) is 39.7 Å². The molecule has 5 heteroatoms. The first-order valence-corrected chi connectivity index (χ1v) is 7.92. The molecule has 0 bridgehead atoms. The van der Waals surface area contributed by atoms with Crippen LogP contribution in [0.4, 0.5) is 0 Å². The molecular weight excluding hydrogens is 284 g/mol. The van der Waals surface area contributed by atoms with E-state index in [0.717, 1.165) is 36.4 Å². The summed E-state index contributed by atoms with van der Waals surface area (Å²) in [7, 11) is 4.00. The number of guanidine groups is 1. The molecule has 1 aliphatic heterocycles. The first-order chi connectivity index (χ1) is 10.2. The van der Waals surface area contributed by atoms with E-state index < -0.39 is 0 Å². The maximum atomic E-state index is 5.88. The predicted octanol–water partition coefficient (Wildman–Crippen LogP) is 2.00. The Balaban J connectivity index is 1.67. The Morgan fingerprint density at radius 1 is 1.33 bits per heavy atom. The number of rotatable bonds is 5. The Kier molecular flexibility index (Phi) is 6.33. The number of halogens is 1. The third-order valence-electron chi connectivity index (χ3n) is 3.89. The number of hydrogen-bond donors (Lipinski definition) is 2. The molecule has 1 aliphatic rings. The zero-order chi connectivity index (χ0) is 15.1. The molecule has 1 heterocycles. The highest BCUT2D eigenvalue weighted by molar-refractivity contribution is 6.30. The lowest BCUT2D eigenvalue weighted by molar-refractivity contribution is 0.394. The second-order valence-electron chi connectivity index (χ2n) is 5.67. The fraction of sp³-hybridized carbons (Fsp3) is 0.562. The summed E-state index contributed by atoms with van der Waals surface area (Å²) in [6, 6.07) is 7.99. The normalized spacial score (nSPS) is 19.8. The van der Waals surface area contributed by atoms with Crippen LogP contribution < -0.4 is 10.6 Å². The first kappa shape index (κ1) is 16.1. The highest BCUT2D eigenvalue weighted by Gasteiger charge is 2.19. The zero-order valence-electron chi connectivity index (χ0n) is 12.9. The molecule has 0 amide bonds. The maximum absolute atomic E-state index is 5.88. The largest absolute Gasteiger partial charge is 0.356 e. The molecule has 0 spiro atoms. The SMILES string of the molecule is CN=C(NCCc1ccc(Cl)cc1)NCC1CCN(C)C1. The van der Waals surface area contributed by atoms with Crippen molar-refractivity contribution >= 4 is 17.6 Å². The van der Waals surface area contributed by atoms with Crippen LogP contribution in [0.1, 0.15) is 12.0 Å². The first-order valence-electron chi connectivity index (χ1n) is 7.55. The van der Waals surface area contributed by atoms with E-state index in [4.69, 9.17) is 11.6 Å². The van der Waals surface area contributed by atoms with Gasteiger partial charge in [0.25, 0.3) is 0 Å². The van der Waals surface area contributed by atoms with Gasteiger partial charge >= 0.3 is 0 Å². The van der Waals surface area contributed by atoms with Gasteiger partial charge in [-0.15, -0.1) is 0 Å². The van der Waals surface area contributed by atoms with Crippen LogP contribution in [0, 0.1) is 5.92 Å². The molecular formula is C16H25ClN4. The molecule has 1 aromatic carbocycles. The lowest BCUT2D eigenvalue weighted by atomic mass is 10.1. The summed E-state index contributed by atoms with van der Waals surface area (Å²) >= 11 is 5.88. The molecule has 1 fully saturated rings. The van der Waals surface area contributed by atoms with Crippen LogP contribution in [0.25, 0.3) is 0 Å². The lowest BCUT2D eigenvalue weighted by Crippen LogP contribution is -2.41.